The van der Waals surface area contributed by atoms with Crippen LogP contribution in [-0.4, -0.2) is 66.2 Å². The van der Waals surface area contributed by atoms with Crippen LogP contribution in [0.4, 0.5) is 0 Å². The summed E-state index contributed by atoms with van der Waals surface area (Å²) in [5.74, 6) is 0. The summed E-state index contributed by atoms with van der Waals surface area (Å²) in [5.41, 5.74) is 0. The maximum Gasteiger partial charge on any atom is 0.0770 e. The Morgan fingerprint density at radius 2 is 0.284 bits per heavy atom. The third-order valence-electron chi connectivity index (χ3n) is 14.0. The van der Waals surface area contributed by atoms with Gasteiger partial charge in [-0.2, -0.15) is 0 Å². The van der Waals surface area contributed by atoms with Crippen LogP contribution in [0.3, 0.4) is 0 Å². The molecular formula is C60H132BN3O3. The smallest absolute Gasteiger partial charge is 0.0770 e. The van der Waals surface area contributed by atoms with Crippen molar-refractivity contribution in [2.24, 2.45) is 0 Å². The van der Waals surface area contributed by atoms with E-state index in [9.17, 15) is 0 Å². The van der Waals surface area contributed by atoms with Crippen LogP contribution in [0.2, 0.25) is 0 Å². The highest BCUT2D eigenvalue weighted by Gasteiger charge is 2.09. The normalized spacial score (nSPS) is 11.1. The van der Waals surface area contributed by atoms with Crippen molar-refractivity contribution in [1.82, 2.24) is 0 Å². The summed E-state index contributed by atoms with van der Waals surface area (Å²) in [7, 11) is -2.92. The molecule has 0 aromatic rings. The van der Waals surface area contributed by atoms with Gasteiger partial charge in [0.25, 0.3) is 0 Å². The van der Waals surface area contributed by atoms with Crippen LogP contribution >= 0.6 is 0 Å². The largest absolute Gasteiger partial charge is 0.907 e. The highest BCUT2D eigenvalue weighted by atomic mass is 16.5. The van der Waals surface area contributed by atoms with Gasteiger partial charge in [0.2, 0.25) is 0 Å². The Bertz CT molecular complexity index is 672. The van der Waals surface area contributed by atoms with Gasteiger partial charge in [-0.05, 0) is 77.0 Å². The number of nitrogens with one attached hydrogen (secondary N) is 3. The van der Waals surface area contributed by atoms with E-state index in [0.29, 0.717) is 0 Å². The fourth-order valence-electron chi connectivity index (χ4n) is 9.27. The van der Waals surface area contributed by atoms with Gasteiger partial charge in [-0.1, -0.05) is 255 Å². The van der Waals surface area contributed by atoms with Gasteiger partial charge in [0.1, 0.15) is 0 Å². The Balaban J connectivity index is -0.000000426. The minimum Gasteiger partial charge on any atom is -0.907 e. The summed E-state index contributed by atoms with van der Waals surface area (Å²) < 4.78 is 0. The lowest BCUT2D eigenvalue weighted by molar-refractivity contribution is -0.900. The van der Waals surface area contributed by atoms with Crippen molar-refractivity contribution in [1.29, 1.82) is 0 Å². The summed E-state index contributed by atoms with van der Waals surface area (Å²) >= 11 is 0. The second kappa shape index (κ2) is 70.1. The van der Waals surface area contributed by atoms with E-state index in [-0.39, 0.29) is 0 Å². The van der Waals surface area contributed by atoms with E-state index in [4.69, 9.17) is 15.1 Å². The minimum absolute atomic E-state index is 1.35. The molecule has 0 saturated heterocycles. The predicted molar refractivity (Wildman–Crippen MR) is 297 cm³/mol. The van der Waals surface area contributed by atoms with Crippen LogP contribution in [0, 0.1) is 0 Å². The second-order valence-electron chi connectivity index (χ2n) is 21.0. The first-order chi connectivity index (χ1) is 32.8. The van der Waals surface area contributed by atoms with E-state index in [1.807, 2.05) is 14.7 Å². The molecule has 0 atom stereocenters. The average molecular weight is 955 g/mol. The molecule has 0 aromatic heterocycles. The Hall–Kier alpha value is -0.175. The molecule has 0 heterocycles. The van der Waals surface area contributed by atoms with Crippen molar-refractivity contribution in [3.8, 4) is 0 Å². The molecule has 0 spiro atoms. The molecule has 0 amide bonds. The van der Waals surface area contributed by atoms with Gasteiger partial charge in [-0.3, -0.25) is 7.32 Å². The van der Waals surface area contributed by atoms with Crippen LogP contribution in [0.5, 0.6) is 0 Å². The Kier molecular flexibility index (Phi) is 76.7. The van der Waals surface area contributed by atoms with Gasteiger partial charge in [-0.15, -0.1) is 0 Å². The minimum atomic E-state index is -2.92. The zero-order valence-electron chi connectivity index (χ0n) is 48.4. The molecule has 0 aliphatic heterocycles. The number of rotatable bonds is 51. The number of hydrogen-bond donors (Lipinski definition) is 3. The number of quaternary nitrogens is 3. The molecule has 0 aliphatic carbocycles. The molecule has 0 aromatic carbocycles. The molecule has 0 aliphatic rings. The van der Waals surface area contributed by atoms with Crippen LogP contribution in [-0.2, 0) is 0 Å². The monoisotopic (exact) mass is 954 g/mol. The third kappa shape index (κ3) is 74.9. The predicted octanol–water partition coefficient (Wildman–Crippen LogP) is 12.2. The molecule has 0 unspecified atom stereocenters. The summed E-state index contributed by atoms with van der Waals surface area (Å²) in [6.45, 7) is 33.5. The van der Waals surface area contributed by atoms with Gasteiger partial charge < -0.3 is 29.8 Å². The van der Waals surface area contributed by atoms with E-state index < -0.39 is 7.32 Å². The standard InChI is InChI=1S/3C20H43N.BO3/c3*1-4-7-10-11-12-13-14-15-16-17-20-21(18-8-5-2)19-9-6-3;2-1(3)4/h3*4-20H2,1-3H3;/q;;;-3/p+3. The molecule has 0 radical (unpaired) electrons. The molecule has 0 fully saturated rings. The van der Waals surface area contributed by atoms with Gasteiger partial charge in [0.05, 0.1) is 58.9 Å². The molecule has 6 nitrogen and oxygen atoms in total. The highest BCUT2D eigenvalue weighted by molar-refractivity contribution is 6.24. The van der Waals surface area contributed by atoms with Crippen molar-refractivity contribution in [3.05, 3.63) is 0 Å². The van der Waals surface area contributed by atoms with E-state index >= 15 is 0 Å². The first-order valence-corrected chi connectivity index (χ1v) is 31.3. The van der Waals surface area contributed by atoms with Crippen LogP contribution in [0.1, 0.15) is 332 Å². The van der Waals surface area contributed by atoms with E-state index in [1.165, 1.54) is 329 Å². The lowest BCUT2D eigenvalue weighted by Crippen LogP contribution is -3.12. The zero-order valence-corrected chi connectivity index (χ0v) is 48.4. The van der Waals surface area contributed by atoms with Gasteiger partial charge in [-0.25, -0.2) is 0 Å². The molecule has 0 bridgehead atoms. The van der Waals surface area contributed by atoms with Gasteiger partial charge >= 0.3 is 0 Å². The average Bonchev–Trinajstić information content (AvgIpc) is 3.32. The summed E-state index contributed by atoms with van der Waals surface area (Å²) in [5, 5.41) is 25.2. The fraction of sp³-hybridized carbons (Fsp3) is 1.00. The van der Waals surface area contributed by atoms with E-state index in [0.717, 1.165) is 0 Å². The molecule has 0 rings (SSSR count). The molecule has 408 valence electrons. The maximum atomic E-state index is 8.42. The van der Waals surface area contributed by atoms with Gasteiger partial charge in [0.15, 0.2) is 0 Å². The van der Waals surface area contributed by atoms with Crippen molar-refractivity contribution >= 4 is 7.32 Å². The Labute approximate surface area is 426 Å². The Morgan fingerprint density at radius 1 is 0.179 bits per heavy atom. The van der Waals surface area contributed by atoms with Crippen molar-refractivity contribution in [3.63, 3.8) is 0 Å². The van der Waals surface area contributed by atoms with Crippen LogP contribution in [0.25, 0.3) is 0 Å². The highest BCUT2D eigenvalue weighted by Crippen LogP contribution is 2.12. The molecule has 67 heavy (non-hydrogen) atoms. The summed E-state index contributed by atoms with van der Waals surface area (Å²) in [6, 6.07) is 0. The topological polar surface area (TPSA) is 82.5 Å². The van der Waals surface area contributed by atoms with Crippen LogP contribution < -0.4 is 29.8 Å². The maximum absolute atomic E-state index is 8.42. The molecule has 7 heteroatoms. The number of hydrogen-bond acceptors (Lipinski definition) is 3. The summed E-state index contributed by atoms with van der Waals surface area (Å²) in [6.07, 6.45) is 60.3. The van der Waals surface area contributed by atoms with Crippen molar-refractivity contribution in [2.45, 2.75) is 332 Å². The third-order valence-corrected chi connectivity index (χ3v) is 14.0. The lowest BCUT2D eigenvalue weighted by atomic mass is 10.1. The molecular weight excluding hydrogens is 821 g/mol. The fourth-order valence-corrected chi connectivity index (χ4v) is 9.27. The van der Waals surface area contributed by atoms with Crippen molar-refractivity contribution in [2.75, 3.05) is 58.9 Å². The van der Waals surface area contributed by atoms with E-state index in [2.05, 4.69) is 62.3 Å². The van der Waals surface area contributed by atoms with Crippen molar-refractivity contribution < 1.29 is 29.8 Å². The Morgan fingerprint density at radius 3 is 0.418 bits per heavy atom. The number of unbranched alkanes of at least 4 members (excludes halogenated alkanes) is 33. The van der Waals surface area contributed by atoms with Crippen LogP contribution in [0.15, 0.2) is 0 Å². The second-order valence-corrected chi connectivity index (χ2v) is 21.0. The zero-order chi connectivity index (χ0) is 50.4. The molecule has 3 N–H and O–H groups in total. The first-order valence-electron chi connectivity index (χ1n) is 31.3. The molecule has 0 saturated carbocycles. The summed E-state index contributed by atoms with van der Waals surface area (Å²) in [4.78, 5) is 5.62. The van der Waals surface area contributed by atoms with E-state index in [1.54, 1.807) is 0 Å². The lowest BCUT2D eigenvalue weighted by Gasteiger charge is -2.35. The van der Waals surface area contributed by atoms with Gasteiger partial charge in [0, 0.05) is 0 Å². The first kappa shape index (κ1) is 73.4. The SMILES string of the molecule is CCCCCCCCCCCC[NH+](CCCC)CCCC.CCCCCCCCCCCC[NH+](CCCC)CCCC.CCCCCCCCCCCC[NH+](CCCC)CCCC.[O-]B([O-])[O-]. The quantitative estimate of drug-likeness (QED) is 0.0420.